The quantitative estimate of drug-likeness (QED) is 0.691. The van der Waals surface area contributed by atoms with E-state index < -0.39 is 0 Å². The van der Waals surface area contributed by atoms with Crippen LogP contribution >= 0.6 is 0 Å². The van der Waals surface area contributed by atoms with Gasteiger partial charge in [-0.1, -0.05) is 0 Å². The molecule has 5 nitrogen and oxygen atoms in total. The van der Waals surface area contributed by atoms with Crippen LogP contribution in [0, 0.1) is 11.3 Å². The molecule has 0 spiro atoms. The number of fused-ring (bicyclic) bond motifs is 2. The average molecular weight is 275 g/mol. The lowest BCUT2D eigenvalue weighted by atomic mass is 10.1. The molecule has 0 saturated heterocycles. The molecular weight excluding hydrogens is 262 g/mol. The van der Waals surface area contributed by atoms with Crippen LogP contribution in [-0.4, -0.2) is 14.8 Å². The molecule has 0 unspecified atom stereocenters. The van der Waals surface area contributed by atoms with Gasteiger partial charge < -0.3 is 5.73 Å². The summed E-state index contributed by atoms with van der Waals surface area (Å²) in [6, 6.07) is 9.81. The summed E-state index contributed by atoms with van der Waals surface area (Å²) in [6.07, 6.45) is 4.84. The van der Waals surface area contributed by atoms with E-state index in [0.29, 0.717) is 17.1 Å². The molecule has 1 aliphatic carbocycles. The van der Waals surface area contributed by atoms with Crippen LogP contribution in [0.5, 0.6) is 0 Å². The number of hydrogen-bond acceptors (Lipinski definition) is 4. The van der Waals surface area contributed by atoms with Crippen molar-refractivity contribution >= 4 is 16.6 Å². The van der Waals surface area contributed by atoms with Gasteiger partial charge in [-0.25, -0.2) is 9.67 Å². The Labute approximate surface area is 121 Å². The molecule has 4 rings (SSSR count). The lowest BCUT2D eigenvalue weighted by Gasteiger charge is -2.08. The number of aryl methyl sites for hydroxylation is 2. The third-order valence-corrected chi connectivity index (χ3v) is 3.95. The summed E-state index contributed by atoms with van der Waals surface area (Å²) < 4.78 is 1.71. The molecule has 0 amide bonds. The second-order valence-corrected chi connectivity index (χ2v) is 5.31. The zero-order valence-electron chi connectivity index (χ0n) is 11.4. The van der Waals surface area contributed by atoms with Gasteiger partial charge in [0.05, 0.1) is 17.3 Å². The molecular formula is C16H13N5. The fourth-order valence-corrected chi connectivity index (χ4v) is 2.91. The Morgan fingerprint density at radius 3 is 3.00 bits per heavy atom. The van der Waals surface area contributed by atoms with Crippen molar-refractivity contribution in [2.24, 2.45) is 0 Å². The molecule has 21 heavy (non-hydrogen) atoms. The van der Waals surface area contributed by atoms with E-state index in [1.807, 2.05) is 24.3 Å². The Hall–Kier alpha value is -2.87. The maximum atomic E-state index is 9.42. The average Bonchev–Trinajstić information content (AvgIpc) is 3.10. The first-order valence-corrected chi connectivity index (χ1v) is 6.93. The molecule has 0 atom stereocenters. The smallest absolute Gasteiger partial charge is 0.172 e. The van der Waals surface area contributed by atoms with Crippen molar-refractivity contribution in [1.29, 1.82) is 5.26 Å². The fraction of sp³-hybridized carbons (Fsp3) is 0.188. The van der Waals surface area contributed by atoms with Crippen LogP contribution in [0.2, 0.25) is 0 Å². The summed E-state index contributed by atoms with van der Waals surface area (Å²) >= 11 is 0. The predicted molar refractivity (Wildman–Crippen MR) is 80.0 cm³/mol. The molecule has 3 aromatic rings. The number of nitrogens with zero attached hydrogens (tertiary/aromatic N) is 4. The molecule has 0 aliphatic heterocycles. The largest absolute Gasteiger partial charge is 0.399 e. The van der Waals surface area contributed by atoms with Gasteiger partial charge in [0.1, 0.15) is 6.07 Å². The highest BCUT2D eigenvalue weighted by atomic mass is 15.3. The minimum atomic E-state index is 0.558. The van der Waals surface area contributed by atoms with E-state index in [4.69, 9.17) is 5.73 Å². The Bertz CT molecular complexity index is 901. The second-order valence-electron chi connectivity index (χ2n) is 5.31. The van der Waals surface area contributed by atoms with E-state index >= 15 is 0 Å². The molecule has 2 heterocycles. The Morgan fingerprint density at radius 2 is 2.14 bits per heavy atom. The van der Waals surface area contributed by atoms with Crippen molar-refractivity contribution in [2.45, 2.75) is 19.3 Å². The third kappa shape index (κ3) is 1.77. The van der Waals surface area contributed by atoms with Crippen LogP contribution in [0.4, 0.5) is 5.69 Å². The maximum absolute atomic E-state index is 9.42. The van der Waals surface area contributed by atoms with Gasteiger partial charge in [0.15, 0.2) is 5.82 Å². The van der Waals surface area contributed by atoms with Crippen molar-refractivity contribution < 1.29 is 0 Å². The van der Waals surface area contributed by atoms with Gasteiger partial charge in [-0.05, 0) is 49.1 Å². The molecule has 0 bridgehead atoms. The Balaban J connectivity index is 2.00. The number of aromatic nitrogens is 3. The summed E-state index contributed by atoms with van der Waals surface area (Å²) in [5.74, 6) is 0.596. The minimum Gasteiger partial charge on any atom is -0.399 e. The standard InChI is InChI=1S/C16H13N5/c17-8-12-6-10-2-1-3-14(10)20-16(12)21-15-7-13(18)5-4-11(15)9-19-21/h4-7,9H,1-3,18H2. The van der Waals surface area contributed by atoms with Crippen molar-refractivity contribution in [3.63, 3.8) is 0 Å². The van der Waals surface area contributed by atoms with Gasteiger partial charge in [0.25, 0.3) is 0 Å². The second kappa shape index (κ2) is 4.32. The molecule has 1 aliphatic rings. The van der Waals surface area contributed by atoms with Gasteiger partial charge in [-0.15, -0.1) is 0 Å². The molecule has 0 saturated carbocycles. The summed E-state index contributed by atoms with van der Waals surface area (Å²) in [5, 5.41) is 14.8. The van der Waals surface area contributed by atoms with Gasteiger partial charge in [-0.2, -0.15) is 10.4 Å². The number of benzene rings is 1. The highest BCUT2D eigenvalue weighted by Crippen LogP contribution is 2.26. The van der Waals surface area contributed by atoms with Gasteiger partial charge in [0.2, 0.25) is 0 Å². The van der Waals surface area contributed by atoms with E-state index in [2.05, 4.69) is 16.2 Å². The summed E-state index contributed by atoms with van der Waals surface area (Å²) in [6.45, 7) is 0. The highest BCUT2D eigenvalue weighted by Gasteiger charge is 2.18. The number of pyridine rings is 1. The number of rotatable bonds is 1. The first-order chi connectivity index (χ1) is 10.3. The van der Waals surface area contributed by atoms with Gasteiger partial charge in [-0.3, -0.25) is 0 Å². The molecule has 0 radical (unpaired) electrons. The number of hydrogen-bond donors (Lipinski definition) is 1. The normalized spacial score (nSPS) is 13.3. The number of nitrogens with two attached hydrogens (primary N) is 1. The number of anilines is 1. The van der Waals surface area contributed by atoms with Crippen LogP contribution in [0.15, 0.2) is 30.5 Å². The van der Waals surface area contributed by atoms with E-state index in [0.717, 1.165) is 35.9 Å². The van der Waals surface area contributed by atoms with E-state index in [1.165, 1.54) is 5.56 Å². The predicted octanol–water partition coefficient (Wildman–Crippen LogP) is 2.36. The summed E-state index contributed by atoms with van der Waals surface area (Å²) in [5.41, 5.74) is 10.2. The minimum absolute atomic E-state index is 0.558. The molecule has 1 aromatic carbocycles. The van der Waals surface area contributed by atoms with E-state index in [9.17, 15) is 5.26 Å². The monoisotopic (exact) mass is 275 g/mol. The topological polar surface area (TPSA) is 80.5 Å². The van der Waals surface area contributed by atoms with Crippen LogP contribution in [0.1, 0.15) is 23.2 Å². The van der Waals surface area contributed by atoms with Gasteiger partial charge >= 0.3 is 0 Å². The molecule has 0 fully saturated rings. The van der Waals surface area contributed by atoms with Crippen LogP contribution in [0.25, 0.3) is 16.7 Å². The zero-order valence-corrected chi connectivity index (χ0v) is 11.4. The highest BCUT2D eigenvalue weighted by molar-refractivity contribution is 5.83. The van der Waals surface area contributed by atoms with E-state index in [-0.39, 0.29) is 0 Å². The molecule has 2 N–H and O–H groups in total. The SMILES string of the molecule is N#Cc1cc2c(nc1-n1ncc3ccc(N)cc31)CCC2. The Morgan fingerprint density at radius 1 is 1.24 bits per heavy atom. The lowest BCUT2D eigenvalue weighted by Crippen LogP contribution is -2.05. The zero-order chi connectivity index (χ0) is 14.4. The fourth-order valence-electron chi connectivity index (χ4n) is 2.91. The van der Waals surface area contributed by atoms with Crippen molar-refractivity contribution in [2.75, 3.05) is 5.73 Å². The third-order valence-electron chi connectivity index (χ3n) is 3.95. The number of nitrogen functional groups attached to an aromatic ring is 1. The molecule has 5 heteroatoms. The summed E-state index contributed by atoms with van der Waals surface area (Å²) in [7, 11) is 0. The van der Waals surface area contributed by atoms with Crippen molar-refractivity contribution in [1.82, 2.24) is 14.8 Å². The summed E-state index contributed by atoms with van der Waals surface area (Å²) in [4.78, 5) is 4.68. The molecule has 2 aromatic heterocycles. The van der Waals surface area contributed by atoms with Crippen LogP contribution in [-0.2, 0) is 12.8 Å². The number of nitriles is 1. The first kappa shape index (κ1) is 11.9. The maximum Gasteiger partial charge on any atom is 0.172 e. The van der Waals surface area contributed by atoms with Crippen molar-refractivity contribution in [3.8, 4) is 11.9 Å². The van der Waals surface area contributed by atoms with Gasteiger partial charge in [0, 0.05) is 16.8 Å². The van der Waals surface area contributed by atoms with Crippen molar-refractivity contribution in [3.05, 3.63) is 47.3 Å². The van der Waals surface area contributed by atoms with E-state index in [1.54, 1.807) is 10.9 Å². The lowest BCUT2D eigenvalue weighted by molar-refractivity contribution is 0.849. The Kier molecular flexibility index (Phi) is 2.45. The van der Waals surface area contributed by atoms with Crippen LogP contribution < -0.4 is 5.73 Å². The van der Waals surface area contributed by atoms with Crippen LogP contribution in [0.3, 0.4) is 0 Å². The first-order valence-electron chi connectivity index (χ1n) is 6.93. The molecule has 102 valence electrons.